The molecule has 2 aromatic heterocycles. The van der Waals surface area contributed by atoms with Crippen molar-refractivity contribution in [2.75, 3.05) is 5.32 Å². The number of anilines is 1. The molecule has 2 heterocycles. The number of nitrogens with zero attached hydrogens (tertiary/aromatic N) is 2. The maximum Gasteiger partial charge on any atom is 0.115 e. The number of pyridine rings is 1. The zero-order valence-corrected chi connectivity index (χ0v) is 11.3. The molecule has 0 aliphatic rings. The van der Waals surface area contributed by atoms with Crippen LogP contribution in [0.5, 0.6) is 0 Å². The third kappa shape index (κ3) is 2.80. The fourth-order valence-electron chi connectivity index (χ4n) is 1.44. The molecular formula is C11H12BrN3S. The van der Waals surface area contributed by atoms with Gasteiger partial charge in [-0.25, -0.2) is 4.98 Å². The van der Waals surface area contributed by atoms with Crippen molar-refractivity contribution in [3.05, 3.63) is 39.5 Å². The molecule has 0 radical (unpaired) electrons. The van der Waals surface area contributed by atoms with Crippen molar-refractivity contribution in [3.63, 3.8) is 0 Å². The lowest BCUT2D eigenvalue weighted by Gasteiger charge is -2.15. The second kappa shape index (κ2) is 5.41. The number of rotatable bonds is 4. The third-order valence-corrected chi connectivity index (χ3v) is 3.53. The van der Waals surface area contributed by atoms with E-state index in [-0.39, 0.29) is 6.04 Å². The number of thiazole rings is 1. The van der Waals surface area contributed by atoms with Gasteiger partial charge >= 0.3 is 0 Å². The lowest BCUT2D eigenvalue weighted by Crippen LogP contribution is -2.09. The van der Waals surface area contributed by atoms with E-state index in [4.69, 9.17) is 0 Å². The minimum atomic E-state index is 0.260. The van der Waals surface area contributed by atoms with Gasteiger partial charge in [-0.2, -0.15) is 0 Å². The molecule has 2 rings (SSSR count). The fraction of sp³-hybridized carbons (Fsp3) is 0.273. The molecule has 0 amide bonds. The van der Waals surface area contributed by atoms with Crippen LogP contribution in [-0.2, 0) is 0 Å². The first kappa shape index (κ1) is 11.5. The molecule has 1 atom stereocenters. The minimum absolute atomic E-state index is 0.260. The highest BCUT2D eigenvalue weighted by molar-refractivity contribution is 9.10. The van der Waals surface area contributed by atoms with Gasteiger partial charge in [0.2, 0.25) is 0 Å². The SMILES string of the molecule is CCC(Nc1cncc(Br)c1)c1nccs1. The van der Waals surface area contributed by atoms with Gasteiger partial charge in [0, 0.05) is 22.2 Å². The molecule has 3 nitrogen and oxygen atoms in total. The first-order valence-electron chi connectivity index (χ1n) is 5.06. The number of aromatic nitrogens is 2. The molecule has 84 valence electrons. The molecule has 0 saturated carbocycles. The topological polar surface area (TPSA) is 37.8 Å². The van der Waals surface area contributed by atoms with E-state index in [0.29, 0.717) is 0 Å². The summed E-state index contributed by atoms with van der Waals surface area (Å²) in [5.41, 5.74) is 1.01. The monoisotopic (exact) mass is 297 g/mol. The van der Waals surface area contributed by atoms with Gasteiger partial charge in [-0.15, -0.1) is 11.3 Å². The van der Waals surface area contributed by atoms with Crippen LogP contribution in [0.3, 0.4) is 0 Å². The van der Waals surface area contributed by atoms with E-state index in [0.717, 1.165) is 21.6 Å². The minimum Gasteiger partial charge on any atom is -0.375 e. The molecule has 0 bridgehead atoms. The summed E-state index contributed by atoms with van der Waals surface area (Å²) < 4.78 is 0.978. The lowest BCUT2D eigenvalue weighted by molar-refractivity contribution is 0.741. The van der Waals surface area contributed by atoms with Crippen molar-refractivity contribution < 1.29 is 0 Å². The van der Waals surface area contributed by atoms with E-state index < -0.39 is 0 Å². The second-order valence-electron chi connectivity index (χ2n) is 3.37. The molecule has 0 saturated heterocycles. The van der Waals surface area contributed by atoms with Gasteiger partial charge in [-0.1, -0.05) is 6.92 Å². The van der Waals surface area contributed by atoms with Gasteiger partial charge in [0.25, 0.3) is 0 Å². The van der Waals surface area contributed by atoms with Crippen molar-refractivity contribution >= 4 is 33.0 Å². The van der Waals surface area contributed by atoms with Crippen LogP contribution in [0.1, 0.15) is 24.4 Å². The van der Waals surface area contributed by atoms with Gasteiger partial charge in [0.05, 0.1) is 17.9 Å². The molecule has 16 heavy (non-hydrogen) atoms. The lowest BCUT2D eigenvalue weighted by atomic mass is 10.2. The summed E-state index contributed by atoms with van der Waals surface area (Å²) >= 11 is 5.08. The van der Waals surface area contributed by atoms with Crippen LogP contribution in [0.2, 0.25) is 0 Å². The Kier molecular flexibility index (Phi) is 3.90. The summed E-state index contributed by atoms with van der Waals surface area (Å²) in [6.45, 7) is 2.14. The maximum absolute atomic E-state index is 4.33. The largest absolute Gasteiger partial charge is 0.375 e. The normalized spacial score (nSPS) is 12.4. The predicted molar refractivity (Wildman–Crippen MR) is 70.7 cm³/mol. The average Bonchev–Trinajstić information content (AvgIpc) is 2.79. The average molecular weight is 298 g/mol. The predicted octanol–water partition coefficient (Wildman–Crippen LogP) is 3.86. The highest BCUT2D eigenvalue weighted by atomic mass is 79.9. The summed E-state index contributed by atoms with van der Waals surface area (Å²) in [6.07, 6.45) is 6.43. The Balaban J connectivity index is 2.13. The Morgan fingerprint density at radius 1 is 1.50 bits per heavy atom. The molecule has 1 unspecified atom stereocenters. The number of hydrogen-bond acceptors (Lipinski definition) is 4. The van der Waals surface area contributed by atoms with E-state index in [2.05, 4.69) is 38.1 Å². The van der Waals surface area contributed by atoms with Crippen molar-refractivity contribution in [2.45, 2.75) is 19.4 Å². The number of hydrogen-bond donors (Lipinski definition) is 1. The van der Waals surface area contributed by atoms with Crippen molar-refractivity contribution in [2.24, 2.45) is 0 Å². The Hall–Kier alpha value is -0.940. The molecule has 1 N–H and O–H groups in total. The van der Waals surface area contributed by atoms with Crippen LogP contribution in [0.25, 0.3) is 0 Å². The molecule has 0 aliphatic carbocycles. The van der Waals surface area contributed by atoms with Crippen LogP contribution in [0, 0.1) is 0 Å². The van der Waals surface area contributed by atoms with Gasteiger partial charge < -0.3 is 5.32 Å². The van der Waals surface area contributed by atoms with Crippen molar-refractivity contribution in [1.29, 1.82) is 0 Å². The molecule has 0 aromatic carbocycles. The van der Waals surface area contributed by atoms with Crippen molar-refractivity contribution in [1.82, 2.24) is 9.97 Å². The van der Waals surface area contributed by atoms with E-state index in [1.54, 1.807) is 17.5 Å². The highest BCUT2D eigenvalue weighted by Gasteiger charge is 2.11. The summed E-state index contributed by atoms with van der Waals surface area (Å²) in [5, 5.41) is 6.54. The van der Waals surface area contributed by atoms with Gasteiger partial charge in [0.15, 0.2) is 0 Å². The molecule has 5 heteroatoms. The van der Waals surface area contributed by atoms with Crippen molar-refractivity contribution in [3.8, 4) is 0 Å². The van der Waals surface area contributed by atoms with E-state index in [1.807, 2.05) is 23.8 Å². The smallest absolute Gasteiger partial charge is 0.115 e. The maximum atomic E-state index is 4.33. The quantitative estimate of drug-likeness (QED) is 0.931. The van der Waals surface area contributed by atoms with Crippen LogP contribution < -0.4 is 5.32 Å². The molecular weight excluding hydrogens is 286 g/mol. The molecule has 0 spiro atoms. The summed E-state index contributed by atoms with van der Waals surface area (Å²) in [5.74, 6) is 0. The standard InChI is InChI=1S/C11H12BrN3S/c1-2-10(11-14-3-4-16-11)15-9-5-8(12)6-13-7-9/h3-7,10,15H,2H2,1H3. The zero-order valence-electron chi connectivity index (χ0n) is 8.85. The highest BCUT2D eigenvalue weighted by Crippen LogP contribution is 2.24. The zero-order chi connectivity index (χ0) is 11.4. The molecule has 0 fully saturated rings. The van der Waals surface area contributed by atoms with E-state index in [9.17, 15) is 0 Å². The Bertz CT molecular complexity index is 444. The Labute approximate surface area is 107 Å². The first-order valence-corrected chi connectivity index (χ1v) is 6.73. The van der Waals surface area contributed by atoms with Crippen LogP contribution in [0.4, 0.5) is 5.69 Å². The summed E-state index contributed by atoms with van der Waals surface area (Å²) in [4.78, 5) is 8.46. The molecule has 0 aliphatic heterocycles. The summed E-state index contributed by atoms with van der Waals surface area (Å²) in [6, 6.07) is 2.28. The fourth-order valence-corrected chi connectivity index (χ4v) is 2.57. The first-order chi connectivity index (χ1) is 7.79. The van der Waals surface area contributed by atoms with Crippen LogP contribution in [0.15, 0.2) is 34.5 Å². The van der Waals surface area contributed by atoms with E-state index >= 15 is 0 Å². The number of nitrogens with one attached hydrogen (secondary N) is 1. The summed E-state index contributed by atoms with van der Waals surface area (Å²) in [7, 11) is 0. The third-order valence-electron chi connectivity index (χ3n) is 2.20. The molecule has 2 aromatic rings. The Morgan fingerprint density at radius 3 is 3.00 bits per heavy atom. The van der Waals surface area contributed by atoms with E-state index in [1.165, 1.54) is 0 Å². The van der Waals surface area contributed by atoms with Gasteiger partial charge in [-0.3, -0.25) is 4.98 Å². The van der Waals surface area contributed by atoms with Gasteiger partial charge in [0.1, 0.15) is 5.01 Å². The van der Waals surface area contributed by atoms with Crippen LogP contribution >= 0.6 is 27.3 Å². The Morgan fingerprint density at radius 2 is 2.38 bits per heavy atom. The number of halogens is 1. The van der Waals surface area contributed by atoms with Gasteiger partial charge in [-0.05, 0) is 28.4 Å². The van der Waals surface area contributed by atoms with Crippen LogP contribution in [-0.4, -0.2) is 9.97 Å². The second-order valence-corrected chi connectivity index (χ2v) is 5.21.